The van der Waals surface area contributed by atoms with Gasteiger partial charge in [-0.2, -0.15) is 13.2 Å². The predicted molar refractivity (Wildman–Crippen MR) is 78.0 cm³/mol. The lowest BCUT2D eigenvalue weighted by Gasteiger charge is -2.40. The smallest absolute Gasteiger partial charge is 0.419 e. The molecular formula is C16H18F3N3O3. The van der Waals surface area contributed by atoms with Crippen LogP contribution >= 0.6 is 0 Å². The number of piperazine rings is 1. The topological polar surface area (TPSA) is 77.8 Å². The van der Waals surface area contributed by atoms with Gasteiger partial charge in [-0.1, -0.05) is 0 Å². The minimum Gasteiger partial charge on any atom is -0.550 e. The number of nitrogens with one attached hydrogen (secondary N) is 1. The van der Waals surface area contributed by atoms with E-state index in [1.165, 1.54) is 6.07 Å². The van der Waals surface area contributed by atoms with E-state index in [4.69, 9.17) is 0 Å². The molecule has 3 rings (SSSR count). The van der Waals surface area contributed by atoms with E-state index < -0.39 is 29.5 Å². The molecule has 1 aliphatic carbocycles. The molecule has 136 valence electrons. The van der Waals surface area contributed by atoms with Gasteiger partial charge in [-0.3, -0.25) is 9.69 Å². The summed E-state index contributed by atoms with van der Waals surface area (Å²) >= 11 is 0. The largest absolute Gasteiger partial charge is 0.550 e. The predicted octanol–water partition coefficient (Wildman–Crippen LogP) is -0.0558. The Balaban J connectivity index is 1.57. The maximum absolute atomic E-state index is 12.6. The van der Waals surface area contributed by atoms with E-state index in [1.807, 2.05) is 4.90 Å². The fourth-order valence-electron chi connectivity index (χ4n) is 3.27. The van der Waals surface area contributed by atoms with Crippen LogP contribution in [0.25, 0.3) is 0 Å². The quantitative estimate of drug-likeness (QED) is 0.760. The van der Waals surface area contributed by atoms with Crippen LogP contribution < -0.4 is 15.0 Å². The monoisotopic (exact) mass is 357 g/mol. The zero-order chi connectivity index (χ0) is 18.2. The number of pyridine rings is 1. The number of carbonyl (C=O) groups is 2. The third-order valence-electron chi connectivity index (χ3n) is 4.95. The third kappa shape index (κ3) is 3.54. The van der Waals surface area contributed by atoms with Crippen LogP contribution in [0.4, 0.5) is 19.0 Å². The van der Waals surface area contributed by atoms with Crippen molar-refractivity contribution in [2.45, 2.75) is 19.0 Å². The number of aromatic nitrogens is 1. The van der Waals surface area contributed by atoms with Crippen molar-refractivity contribution in [3.63, 3.8) is 0 Å². The molecule has 9 heteroatoms. The van der Waals surface area contributed by atoms with Gasteiger partial charge in [0.25, 0.3) is 5.82 Å². The number of anilines is 1. The lowest BCUT2D eigenvalue weighted by Crippen LogP contribution is -2.55. The molecule has 2 aliphatic rings. The highest BCUT2D eigenvalue weighted by Crippen LogP contribution is 2.35. The molecule has 2 heterocycles. The Morgan fingerprint density at radius 3 is 2.16 bits per heavy atom. The average Bonchev–Trinajstić information content (AvgIpc) is 2.52. The Kier molecular flexibility index (Phi) is 4.57. The summed E-state index contributed by atoms with van der Waals surface area (Å²) in [5.41, 5.74) is -0.747. The Hall–Kier alpha value is -2.32. The summed E-state index contributed by atoms with van der Waals surface area (Å²) in [6.07, 6.45) is -2.44. The third-order valence-corrected chi connectivity index (χ3v) is 4.95. The number of hydrogen-bond acceptors (Lipinski definition) is 4. The zero-order valence-electron chi connectivity index (χ0n) is 13.4. The van der Waals surface area contributed by atoms with Crippen molar-refractivity contribution in [3.8, 4) is 0 Å². The second-order valence-corrected chi connectivity index (χ2v) is 6.38. The van der Waals surface area contributed by atoms with Crippen molar-refractivity contribution < 1.29 is 32.9 Å². The molecular weight excluding hydrogens is 339 g/mol. The normalized spacial score (nSPS) is 24.0. The second kappa shape index (κ2) is 6.53. The average molecular weight is 357 g/mol. The van der Waals surface area contributed by atoms with Crippen LogP contribution in [-0.2, 0) is 15.8 Å². The van der Waals surface area contributed by atoms with Gasteiger partial charge >= 0.3 is 6.18 Å². The van der Waals surface area contributed by atoms with E-state index >= 15 is 0 Å². The van der Waals surface area contributed by atoms with Crippen molar-refractivity contribution in [2.24, 2.45) is 11.8 Å². The molecule has 1 amide bonds. The summed E-state index contributed by atoms with van der Waals surface area (Å²) in [5.74, 6) is -2.00. The van der Waals surface area contributed by atoms with Crippen LogP contribution in [0.2, 0.25) is 0 Å². The minimum atomic E-state index is -4.39. The van der Waals surface area contributed by atoms with E-state index in [0.717, 1.165) is 12.3 Å². The van der Waals surface area contributed by atoms with E-state index in [0.29, 0.717) is 44.8 Å². The molecule has 0 spiro atoms. The van der Waals surface area contributed by atoms with Crippen LogP contribution in [-0.4, -0.2) is 43.0 Å². The van der Waals surface area contributed by atoms with Crippen LogP contribution in [0, 0.1) is 11.8 Å². The molecule has 0 bridgehead atoms. The summed E-state index contributed by atoms with van der Waals surface area (Å²) in [7, 11) is 0. The van der Waals surface area contributed by atoms with Gasteiger partial charge in [-0.25, -0.2) is 4.98 Å². The number of rotatable bonds is 3. The molecule has 1 aromatic heterocycles. The molecule has 1 saturated heterocycles. The lowest BCUT2D eigenvalue weighted by molar-refractivity contribution is -0.367. The number of amides is 1. The summed E-state index contributed by atoms with van der Waals surface area (Å²) in [6.45, 7) is 1.75. The minimum absolute atomic E-state index is 0.170. The molecule has 2 fully saturated rings. The first kappa shape index (κ1) is 17.5. The van der Waals surface area contributed by atoms with E-state index in [-0.39, 0.29) is 5.91 Å². The van der Waals surface area contributed by atoms with E-state index in [2.05, 4.69) is 4.98 Å². The fraction of sp³-hybridized carbons (Fsp3) is 0.562. The number of H-pyrrole nitrogens is 1. The van der Waals surface area contributed by atoms with Crippen molar-refractivity contribution in [3.05, 3.63) is 23.9 Å². The maximum atomic E-state index is 12.6. The van der Waals surface area contributed by atoms with Gasteiger partial charge in [0.2, 0.25) is 5.91 Å². The molecule has 1 aliphatic heterocycles. The molecule has 0 unspecified atom stereocenters. The number of carboxylic acids is 1. The number of carboxylic acid groups (broad SMARTS) is 1. The Morgan fingerprint density at radius 1 is 1.08 bits per heavy atom. The fourth-order valence-corrected chi connectivity index (χ4v) is 3.27. The molecule has 1 saturated carbocycles. The molecule has 2 atom stereocenters. The first-order valence-corrected chi connectivity index (χ1v) is 8.11. The van der Waals surface area contributed by atoms with Crippen LogP contribution in [0.1, 0.15) is 18.4 Å². The number of carbonyl (C=O) groups excluding carboxylic acids is 2. The first-order chi connectivity index (χ1) is 11.8. The number of alkyl halides is 3. The van der Waals surface area contributed by atoms with Crippen LogP contribution in [0.5, 0.6) is 0 Å². The maximum Gasteiger partial charge on any atom is 0.419 e. The highest BCUT2D eigenvalue weighted by Gasteiger charge is 2.41. The summed E-state index contributed by atoms with van der Waals surface area (Å²) in [4.78, 5) is 29.4. The van der Waals surface area contributed by atoms with Gasteiger partial charge < -0.3 is 14.8 Å². The van der Waals surface area contributed by atoms with Crippen LogP contribution in [0.15, 0.2) is 18.3 Å². The molecule has 1 aromatic rings. The molecule has 25 heavy (non-hydrogen) atoms. The summed E-state index contributed by atoms with van der Waals surface area (Å²) < 4.78 is 37.7. The molecule has 0 radical (unpaired) electrons. The number of nitrogens with zero attached hydrogens (tertiary/aromatic N) is 2. The molecule has 0 aromatic carbocycles. The molecule has 6 nitrogen and oxygen atoms in total. The first-order valence-electron chi connectivity index (χ1n) is 8.11. The van der Waals surface area contributed by atoms with Gasteiger partial charge in [-0.15, -0.1) is 0 Å². The highest BCUT2D eigenvalue weighted by molar-refractivity contribution is 5.86. The second-order valence-electron chi connectivity index (χ2n) is 6.38. The number of hydrogen-bond donors (Lipinski definition) is 0. The Morgan fingerprint density at radius 2 is 1.72 bits per heavy atom. The summed E-state index contributed by atoms with van der Waals surface area (Å²) in [5, 5.41) is 10.9. The van der Waals surface area contributed by atoms with Gasteiger partial charge in [0.15, 0.2) is 0 Å². The Labute approximate surface area is 142 Å². The van der Waals surface area contributed by atoms with Crippen molar-refractivity contribution in [1.82, 2.24) is 4.90 Å². The summed E-state index contributed by atoms with van der Waals surface area (Å²) in [6, 6.07) is 2.39. The van der Waals surface area contributed by atoms with Gasteiger partial charge in [0.1, 0.15) is 19.3 Å². The van der Waals surface area contributed by atoms with Crippen molar-refractivity contribution >= 4 is 17.7 Å². The van der Waals surface area contributed by atoms with E-state index in [1.54, 1.807) is 4.90 Å². The van der Waals surface area contributed by atoms with Crippen molar-refractivity contribution in [1.29, 1.82) is 0 Å². The SMILES string of the molecule is O=C([O-])[C@@H]1CC[C@H]1C(=O)N1CCN(c2ccc(C(F)(F)F)c[nH+]2)CC1. The highest BCUT2D eigenvalue weighted by atomic mass is 19.4. The number of aliphatic carboxylic acids is 1. The molecule has 1 N–H and O–H groups in total. The van der Waals surface area contributed by atoms with Gasteiger partial charge in [0, 0.05) is 23.9 Å². The zero-order valence-corrected chi connectivity index (χ0v) is 13.4. The lowest BCUT2D eigenvalue weighted by atomic mass is 9.73. The van der Waals surface area contributed by atoms with Crippen LogP contribution in [0.3, 0.4) is 0 Å². The standard InChI is InChI=1S/C16H18F3N3O3/c17-16(18,19)10-1-4-13(20-9-10)21-5-7-22(8-6-21)14(23)11-2-3-12(11)15(24)25/h1,4,9,11-12H,2-3,5-8H2,(H,24,25)/t11-,12-/m1/s1. The Bertz CT molecular complexity index is 655. The number of halogens is 3. The van der Waals surface area contributed by atoms with E-state index in [9.17, 15) is 27.9 Å². The van der Waals surface area contributed by atoms with Crippen molar-refractivity contribution in [2.75, 3.05) is 31.1 Å². The number of aromatic amines is 1. The van der Waals surface area contributed by atoms with Gasteiger partial charge in [0.05, 0.1) is 18.7 Å². The van der Waals surface area contributed by atoms with Gasteiger partial charge in [-0.05, 0) is 18.9 Å².